The molecule has 0 spiro atoms. The lowest BCUT2D eigenvalue weighted by atomic mass is 9.68. The second kappa shape index (κ2) is 3.21. The van der Waals surface area contributed by atoms with Crippen molar-refractivity contribution >= 4 is 12.4 Å². The fraction of sp³-hybridized carbons (Fsp3) is 1.00. The maximum Gasteiger partial charge on any atom is -0.0406 e. The van der Waals surface area contributed by atoms with E-state index in [1.807, 2.05) is 0 Å². The summed E-state index contributed by atoms with van der Waals surface area (Å²) < 4.78 is 0. The molecule has 0 saturated heterocycles. The molecule has 12 heavy (non-hydrogen) atoms. The molecule has 0 aromatic rings. The van der Waals surface area contributed by atoms with E-state index in [4.69, 9.17) is 0 Å². The van der Waals surface area contributed by atoms with Gasteiger partial charge in [0.05, 0.1) is 0 Å². The van der Waals surface area contributed by atoms with E-state index in [9.17, 15) is 0 Å². The van der Waals surface area contributed by atoms with Gasteiger partial charge in [-0.15, -0.1) is 12.4 Å². The third kappa shape index (κ3) is 1.39. The molecule has 4 saturated carbocycles. The lowest BCUT2D eigenvalue weighted by Crippen LogP contribution is -2.26. The average molecular weight is 187 g/mol. The Morgan fingerprint density at radius 3 is 1.25 bits per heavy atom. The lowest BCUT2D eigenvalue weighted by Gasteiger charge is -2.38. The quantitative estimate of drug-likeness (QED) is 0.542. The first kappa shape index (κ1) is 8.87. The van der Waals surface area contributed by atoms with Crippen LogP contribution in [0.5, 0.6) is 0 Å². The monoisotopic (exact) mass is 186 g/mol. The maximum absolute atomic E-state index is 1.60. The summed E-state index contributed by atoms with van der Waals surface area (Å²) in [6.07, 6.45) is 11.2. The van der Waals surface area contributed by atoms with Crippen molar-refractivity contribution in [3.05, 3.63) is 0 Å². The number of fused-ring (bicyclic) bond motifs is 1. The molecule has 0 aromatic carbocycles. The average Bonchev–Trinajstić information content (AvgIpc) is 2.18. The molecule has 0 aromatic heterocycles. The standard InChI is InChI=1S/C11H18.ClH/c1-2-9-5-10-3-8(1)4-11(6-9)7-10;/h8-11H,1-7H2;1H. The Hall–Kier alpha value is 0.290. The molecule has 0 atom stereocenters. The van der Waals surface area contributed by atoms with Gasteiger partial charge in [0.25, 0.3) is 0 Å². The van der Waals surface area contributed by atoms with E-state index in [0.29, 0.717) is 0 Å². The van der Waals surface area contributed by atoms with Gasteiger partial charge in [0.1, 0.15) is 0 Å². The molecule has 0 N–H and O–H groups in total. The zero-order chi connectivity index (χ0) is 7.26. The highest BCUT2D eigenvalue weighted by molar-refractivity contribution is 5.85. The molecule has 0 heterocycles. The number of hydrogen-bond acceptors (Lipinski definition) is 0. The lowest BCUT2D eigenvalue weighted by molar-refractivity contribution is 0.134. The van der Waals surface area contributed by atoms with Crippen molar-refractivity contribution in [3.63, 3.8) is 0 Å². The summed E-state index contributed by atoms with van der Waals surface area (Å²) in [6.45, 7) is 0. The van der Waals surface area contributed by atoms with Gasteiger partial charge in [-0.3, -0.25) is 0 Å². The molecule has 0 amide bonds. The van der Waals surface area contributed by atoms with Crippen LogP contribution in [-0.2, 0) is 0 Å². The summed E-state index contributed by atoms with van der Waals surface area (Å²) in [5, 5.41) is 0. The van der Waals surface area contributed by atoms with Gasteiger partial charge >= 0.3 is 0 Å². The topological polar surface area (TPSA) is 0 Å². The predicted molar refractivity (Wildman–Crippen MR) is 53.5 cm³/mol. The van der Waals surface area contributed by atoms with Crippen LogP contribution in [0.15, 0.2) is 0 Å². The van der Waals surface area contributed by atoms with Gasteiger partial charge in [0.15, 0.2) is 0 Å². The molecule has 0 nitrogen and oxygen atoms in total. The fourth-order valence-electron chi connectivity index (χ4n) is 4.07. The molecule has 0 aliphatic heterocycles. The Bertz CT molecular complexity index is 132. The van der Waals surface area contributed by atoms with Crippen LogP contribution in [0.1, 0.15) is 44.9 Å². The molecule has 4 aliphatic carbocycles. The summed E-state index contributed by atoms with van der Waals surface area (Å²) in [7, 11) is 0. The van der Waals surface area contributed by atoms with Crippen LogP contribution in [0, 0.1) is 23.7 Å². The first-order valence-electron chi connectivity index (χ1n) is 5.40. The van der Waals surface area contributed by atoms with Crippen molar-refractivity contribution in [2.24, 2.45) is 23.7 Å². The van der Waals surface area contributed by atoms with Gasteiger partial charge in [-0.2, -0.15) is 0 Å². The number of hydrogen-bond donors (Lipinski definition) is 0. The molecule has 4 bridgehead atoms. The third-order valence-electron chi connectivity index (χ3n) is 4.32. The normalized spacial score (nSPS) is 50.0. The highest BCUT2D eigenvalue weighted by atomic mass is 35.5. The fourth-order valence-corrected chi connectivity index (χ4v) is 4.07. The minimum atomic E-state index is 0. The van der Waals surface area contributed by atoms with E-state index in [1.54, 1.807) is 44.9 Å². The summed E-state index contributed by atoms with van der Waals surface area (Å²) in [5.74, 6) is 4.65. The molecule has 4 fully saturated rings. The second-order valence-corrected chi connectivity index (χ2v) is 5.22. The first-order valence-corrected chi connectivity index (χ1v) is 5.40. The van der Waals surface area contributed by atoms with Crippen LogP contribution in [0.2, 0.25) is 0 Å². The highest BCUT2D eigenvalue weighted by Crippen LogP contribution is 2.50. The van der Waals surface area contributed by atoms with Crippen molar-refractivity contribution in [3.8, 4) is 0 Å². The molecular formula is C11H19Cl. The van der Waals surface area contributed by atoms with Crippen molar-refractivity contribution in [1.29, 1.82) is 0 Å². The van der Waals surface area contributed by atoms with Crippen LogP contribution < -0.4 is 0 Å². The van der Waals surface area contributed by atoms with Gasteiger partial charge in [-0.05, 0) is 55.8 Å². The van der Waals surface area contributed by atoms with Crippen LogP contribution in [-0.4, -0.2) is 0 Å². The number of rotatable bonds is 0. The van der Waals surface area contributed by atoms with Crippen molar-refractivity contribution < 1.29 is 0 Å². The zero-order valence-corrected chi connectivity index (χ0v) is 8.48. The van der Waals surface area contributed by atoms with Crippen molar-refractivity contribution in [2.75, 3.05) is 0 Å². The Morgan fingerprint density at radius 1 is 0.500 bits per heavy atom. The van der Waals surface area contributed by atoms with Gasteiger partial charge in [-0.25, -0.2) is 0 Å². The van der Waals surface area contributed by atoms with Crippen LogP contribution in [0.25, 0.3) is 0 Å². The van der Waals surface area contributed by atoms with Gasteiger partial charge < -0.3 is 0 Å². The first-order chi connectivity index (χ1) is 5.40. The van der Waals surface area contributed by atoms with Gasteiger partial charge in [0, 0.05) is 0 Å². The van der Waals surface area contributed by atoms with Gasteiger partial charge in [-0.1, -0.05) is 12.8 Å². The SMILES string of the molecule is C1CC2CC3CC1CC(C2)C3.Cl. The van der Waals surface area contributed by atoms with Crippen LogP contribution in [0.3, 0.4) is 0 Å². The molecule has 1 heteroatoms. The molecule has 4 aliphatic rings. The Morgan fingerprint density at radius 2 is 0.833 bits per heavy atom. The minimum Gasteiger partial charge on any atom is -0.147 e. The number of halogens is 1. The highest BCUT2D eigenvalue weighted by Gasteiger charge is 2.38. The Kier molecular flexibility index (Phi) is 2.37. The Labute approximate surface area is 81.5 Å². The van der Waals surface area contributed by atoms with E-state index >= 15 is 0 Å². The second-order valence-electron chi connectivity index (χ2n) is 5.22. The van der Waals surface area contributed by atoms with E-state index in [0.717, 1.165) is 11.8 Å². The summed E-state index contributed by atoms with van der Waals surface area (Å²) in [5.41, 5.74) is 0. The molecule has 70 valence electrons. The summed E-state index contributed by atoms with van der Waals surface area (Å²) in [6, 6.07) is 0. The van der Waals surface area contributed by atoms with E-state index in [-0.39, 0.29) is 12.4 Å². The van der Waals surface area contributed by atoms with Crippen molar-refractivity contribution in [1.82, 2.24) is 0 Å². The van der Waals surface area contributed by atoms with E-state index in [2.05, 4.69) is 0 Å². The minimum absolute atomic E-state index is 0. The van der Waals surface area contributed by atoms with Crippen LogP contribution in [0.4, 0.5) is 0 Å². The zero-order valence-electron chi connectivity index (χ0n) is 7.67. The molecule has 4 rings (SSSR count). The molecule has 0 radical (unpaired) electrons. The predicted octanol–water partition coefficient (Wildman–Crippen LogP) is 3.64. The summed E-state index contributed by atoms with van der Waals surface area (Å²) in [4.78, 5) is 0. The third-order valence-corrected chi connectivity index (χ3v) is 4.32. The van der Waals surface area contributed by atoms with Crippen LogP contribution >= 0.6 is 12.4 Å². The van der Waals surface area contributed by atoms with E-state index < -0.39 is 0 Å². The molecule has 0 unspecified atom stereocenters. The molecular weight excluding hydrogens is 168 g/mol. The smallest absolute Gasteiger partial charge is 0.0406 e. The van der Waals surface area contributed by atoms with Gasteiger partial charge in [0.2, 0.25) is 0 Å². The summed E-state index contributed by atoms with van der Waals surface area (Å²) >= 11 is 0. The van der Waals surface area contributed by atoms with Crippen molar-refractivity contribution in [2.45, 2.75) is 44.9 Å². The Balaban J connectivity index is 0.000000563. The largest absolute Gasteiger partial charge is 0.147 e. The maximum atomic E-state index is 1.60. The van der Waals surface area contributed by atoms with E-state index in [1.165, 1.54) is 11.8 Å².